The van der Waals surface area contributed by atoms with Gasteiger partial charge < -0.3 is 0 Å². The second-order valence-corrected chi connectivity index (χ2v) is 17.1. The monoisotopic (exact) mass is 656 g/mol. The molecule has 0 atom stereocenters. The van der Waals surface area contributed by atoms with Gasteiger partial charge in [-0.25, -0.2) is 0 Å². The van der Waals surface area contributed by atoms with E-state index in [-0.39, 0.29) is 70.7 Å². The first-order valence-electron chi connectivity index (χ1n) is 14.0. The maximum absolute atomic E-state index is 2.38. The van der Waals surface area contributed by atoms with Crippen molar-refractivity contribution in [2.24, 2.45) is 0 Å². The third kappa shape index (κ3) is 11.4. The molecule has 0 amide bonds. The summed E-state index contributed by atoms with van der Waals surface area (Å²) in [4.78, 5) is 0. The third-order valence-corrected chi connectivity index (χ3v) is 7.06. The molecule has 0 fully saturated rings. The van der Waals surface area contributed by atoms with Crippen molar-refractivity contribution in [3.05, 3.63) is 69.8 Å². The molecule has 2 aromatic rings. The van der Waals surface area contributed by atoms with Crippen LogP contribution in [0.25, 0.3) is 0 Å². The van der Waals surface area contributed by atoms with Gasteiger partial charge in [-0.05, 0) is 65.9 Å². The van der Waals surface area contributed by atoms with Crippen molar-refractivity contribution < 1.29 is 38.2 Å². The maximum Gasteiger partial charge on any atom is 0 e. The van der Waals surface area contributed by atoms with Gasteiger partial charge in [0.05, 0.1) is 0 Å². The van der Waals surface area contributed by atoms with Gasteiger partial charge in [0.15, 0.2) is 0 Å². The van der Waals surface area contributed by atoms with E-state index in [1.807, 2.05) is 0 Å². The van der Waals surface area contributed by atoms with Crippen LogP contribution in [0.5, 0.6) is 0 Å². The Morgan fingerprint density at radius 2 is 0.324 bits per heavy atom. The summed E-state index contributed by atoms with van der Waals surface area (Å²) in [6.45, 7) is 41.3. The Balaban J connectivity index is 0.000000682. The minimum atomic E-state index is 0. The molecule has 0 aromatic heterocycles. The number of benzene rings is 2. The van der Waals surface area contributed by atoms with Gasteiger partial charge in [-0.15, -0.1) is 0 Å². The van der Waals surface area contributed by atoms with Gasteiger partial charge >= 0.3 is 0 Å². The molecule has 0 heterocycles. The Bertz CT molecular complexity index is 768. The molecule has 37 heavy (non-hydrogen) atoms. The SMILES string of the molecule is CC(C)(C)c1cc(C(C)(C)C)cc(C(C)(C)C)c1.CC(C)(C)c1cc(C(C)(C)C)cc(C(C)(C)C)c1.[Dy]. The summed E-state index contributed by atoms with van der Waals surface area (Å²) in [5.74, 6) is 0. The van der Waals surface area contributed by atoms with Crippen molar-refractivity contribution in [3.63, 3.8) is 0 Å². The van der Waals surface area contributed by atoms with Gasteiger partial charge in [-0.3, -0.25) is 0 Å². The van der Waals surface area contributed by atoms with Gasteiger partial charge in [0.1, 0.15) is 0 Å². The summed E-state index contributed by atoms with van der Waals surface area (Å²) in [5.41, 5.74) is 9.92. The van der Waals surface area contributed by atoms with Crippen LogP contribution in [0, 0.1) is 38.2 Å². The van der Waals surface area contributed by atoms with Crippen molar-refractivity contribution in [1.82, 2.24) is 0 Å². The number of hydrogen-bond donors (Lipinski definition) is 0. The molecule has 0 radical (unpaired) electrons. The Kier molecular flexibility index (Phi) is 12.0. The Labute approximate surface area is 263 Å². The van der Waals surface area contributed by atoms with E-state index in [9.17, 15) is 0 Å². The van der Waals surface area contributed by atoms with Crippen molar-refractivity contribution in [2.75, 3.05) is 0 Å². The zero-order valence-electron chi connectivity index (χ0n) is 27.8. The molecule has 0 aliphatic carbocycles. The summed E-state index contributed by atoms with van der Waals surface area (Å²) in [7, 11) is 0. The second kappa shape index (κ2) is 12.1. The Hall–Kier alpha value is -0.287. The van der Waals surface area contributed by atoms with Crippen LogP contribution in [0.4, 0.5) is 0 Å². The van der Waals surface area contributed by atoms with Gasteiger partial charge in [0, 0.05) is 38.2 Å². The Morgan fingerprint density at radius 1 is 0.243 bits per heavy atom. The molecule has 0 N–H and O–H groups in total. The zero-order valence-corrected chi connectivity index (χ0v) is 29.8. The molecule has 0 saturated heterocycles. The largest absolute Gasteiger partial charge is 0.0561 e. The van der Waals surface area contributed by atoms with E-state index in [0.717, 1.165) is 0 Å². The second-order valence-electron chi connectivity index (χ2n) is 17.1. The van der Waals surface area contributed by atoms with Crippen LogP contribution >= 0.6 is 0 Å². The van der Waals surface area contributed by atoms with Crippen molar-refractivity contribution in [1.29, 1.82) is 0 Å². The predicted octanol–water partition coefficient (Wildman–Crippen LogP) is 11.2. The molecule has 0 saturated carbocycles. The van der Waals surface area contributed by atoms with E-state index in [1.165, 1.54) is 33.4 Å². The Morgan fingerprint density at radius 3 is 0.378 bits per heavy atom. The fraction of sp³-hybridized carbons (Fsp3) is 0.667. The quantitative estimate of drug-likeness (QED) is 0.265. The molecule has 0 unspecified atom stereocenters. The fourth-order valence-corrected chi connectivity index (χ4v) is 3.85. The zero-order chi connectivity index (χ0) is 28.7. The standard InChI is InChI=1S/2C18H30.Dy/c2*1-16(2,3)13-10-14(17(4,5)6)12-15(11-13)18(7,8)9;/h2*10-12H,1-9H3;. The number of hydrogen-bond acceptors (Lipinski definition) is 0. The fourth-order valence-electron chi connectivity index (χ4n) is 3.85. The molecule has 214 valence electrons. The van der Waals surface area contributed by atoms with Crippen LogP contribution in [0.3, 0.4) is 0 Å². The van der Waals surface area contributed by atoms with Gasteiger partial charge in [-0.1, -0.05) is 161 Å². The average Bonchev–Trinajstić information content (AvgIpc) is 2.63. The van der Waals surface area contributed by atoms with E-state index in [4.69, 9.17) is 0 Å². The van der Waals surface area contributed by atoms with Crippen LogP contribution in [0.1, 0.15) is 158 Å². The average molecular weight is 655 g/mol. The first kappa shape index (κ1) is 36.7. The molecular weight excluding hydrogens is 595 g/mol. The third-order valence-electron chi connectivity index (χ3n) is 7.06. The van der Waals surface area contributed by atoms with Crippen molar-refractivity contribution >= 4 is 0 Å². The van der Waals surface area contributed by atoms with E-state index in [0.29, 0.717) is 0 Å². The predicted molar refractivity (Wildman–Crippen MR) is 165 cm³/mol. The first-order chi connectivity index (χ1) is 15.6. The molecule has 0 spiro atoms. The summed E-state index contributed by atoms with van der Waals surface area (Å²) in [6.07, 6.45) is 0. The van der Waals surface area contributed by atoms with Gasteiger partial charge in [0.25, 0.3) is 0 Å². The maximum atomic E-state index is 2.38. The molecule has 0 bridgehead atoms. The van der Waals surface area contributed by atoms with Crippen LogP contribution in [-0.4, -0.2) is 0 Å². The molecule has 2 rings (SSSR count). The molecule has 1 heteroatoms. The van der Waals surface area contributed by atoms with E-state index in [2.05, 4.69) is 161 Å². The van der Waals surface area contributed by atoms with Crippen LogP contribution < -0.4 is 0 Å². The molecule has 2 aromatic carbocycles. The minimum absolute atomic E-state index is 0. The summed E-state index contributed by atoms with van der Waals surface area (Å²) in [5, 5.41) is 0. The normalized spacial score (nSPS) is 13.5. The molecule has 0 aliphatic heterocycles. The molecule has 0 nitrogen and oxygen atoms in total. The van der Waals surface area contributed by atoms with E-state index < -0.39 is 0 Å². The van der Waals surface area contributed by atoms with Gasteiger partial charge in [-0.2, -0.15) is 0 Å². The molecule has 0 aliphatic rings. The van der Waals surface area contributed by atoms with Crippen LogP contribution in [0.2, 0.25) is 0 Å². The van der Waals surface area contributed by atoms with Crippen LogP contribution in [-0.2, 0) is 32.5 Å². The molecular formula is C36H60Dy. The topological polar surface area (TPSA) is 0 Å². The summed E-state index contributed by atoms with van der Waals surface area (Å²) < 4.78 is 0. The number of rotatable bonds is 0. The van der Waals surface area contributed by atoms with E-state index >= 15 is 0 Å². The van der Waals surface area contributed by atoms with E-state index in [1.54, 1.807) is 0 Å². The van der Waals surface area contributed by atoms with Gasteiger partial charge in [0.2, 0.25) is 0 Å². The smallest absolute Gasteiger partial charge is 0 e. The minimum Gasteiger partial charge on any atom is -0.0561 e. The first-order valence-corrected chi connectivity index (χ1v) is 14.0. The van der Waals surface area contributed by atoms with Crippen molar-refractivity contribution in [2.45, 2.75) is 157 Å². The summed E-state index contributed by atoms with van der Waals surface area (Å²) in [6, 6.07) is 14.3. The van der Waals surface area contributed by atoms with Crippen LogP contribution in [0.15, 0.2) is 36.4 Å². The van der Waals surface area contributed by atoms with Crippen molar-refractivity contribution in [3.8, 4) is 0 Å². The summed E-state index contributed by atoms with van der Waals surface area (Å²) >= 11 is 0.